The fourth-order valence-corrected chi connectivity index (χ4v) is 7.84. The number of benzene rings is 7. The van der Waals surface area contributed by atoms with E-state index in [4.69, 9.17) is 9.72 Å². The molecule has 0 bridgehead atoms. The summed E-state index contributed by atoms with van der Waals surface area (Å²) in [7, 11) is 0. The summed E-state index contributed by atoms with van der Waals surface area (Å²) < 4.78 is 11.0. The number of fused-ring (bicyclic) bond motifs is 5. The smallest absolute Gasteiger partial charge is 0.137 e. The van der Waals surface area contributed by atoms with Gasteiger partial charge in [0.15, 0.2) is 0 Å². The summed E-state index contributed by atoms with van der Waals surface area (Å²) in [6, 6.07) is 67.9. The van der Waals surface area contributed by atoms with Gasteiger partial charge in [0.1, 0.15) is 5.82 Å². The number of hydrogen-bond donors (Lipinski definition) is 0. The van der Waals surface area contributed by atoms with Crippen molar-refractivity contribution in [2.45, 2.75) is 0 Å². The second-order valence-electron chi connectivity index (χ2n) is 13.8. The fourth-order valence-electron chi connectivity index (χ4n) is 7.84. The number of nitrogens with zero attached hydrogens (tertiary/aromatic N) is 5. The predicted octanol–water partition coefficient (Wildman–Crippen LogP) is 12.6. The molecule has 7 aromatic carbocycles. The average Bonchev–Trinajstić information content (AvgIpc) is 3.96. The quantitative estimate of drug-likeness (QED) is 0.149. The molecule has 57 heavy (non-hydrogen) atoms. The molecule has 0 atom stereocenters. The minimum atomic E-state index is 0. The van der Waals surface area contributed by atoms with Crippen LogP contribution in [0.5, 0.6) is 11.5 Å². The summed E-state index contributed by atoms with van der Waals surface area (Å²) in [6.45, 7) is 2.11. The second-order valence-corrected chi connectivity index (χ2v) is 13.8. The summed E-state index contributed by atoms with van der Waals surface area (Å²) in [5, 5.41) is 3.25. The van der Waals surface area contributed by atoms with Crippen molar-refractivity contribution in [2.75, 3.05) is 9.80 Å². The van der Waals surface area contributed by atoms with Gasteiger partial charge in [0.05, 0.1) is 5.52 Å². The van der Waals surface area contributed by atoms with E-state index >= 15 is 0 Å². The first-order valence-electron chi connectivity index (χ1n) is 18.6. The predicted molar refractivity (Wildman–Crippen MR) is 226 cm³/mol. The SMILES string of the molecule is [Pt].[c-]1c(Oc2[c-]c3c(cc2)c2cc(-c4ccccc4)ccc2n3-c2cc3c(ccn3-c3ccccc3)cn2)cccc1N1[CH-]N(c2ccccc2)c2ccccc21. The number of ether oxygens (including phenoxy) is 1. The molecule has 0 unspecified atom stereocenters. The van der Waals surface area contributed by atoms with Gasteiger partial charge in [-0.3, -0.25) is 0 Å². The van der Waals surface area contributed by atoms with E-state index in [1.807, 2.05) is 42.6 Å². The number of pyridine rings is 1. The summed E-state index contributed by atoms with van der Waals surface area (Å²) in [4.78, 5) is 9.37. The van der Waals surface area contributed by atoms with Crippen LogP contribution < -0.4 is 14.5 Å². The van der Waals surface area contributed by atoms with Crippen LogP contribution in [-0.4, -0.2) is 14.1 Å². The van der Waals surface area contributed by atoms with Gasteiger partial charge in [-0.15, -0.1) is 48.1 Å². The monoisotopic (exact) mass is 913 g/mol. The molecule has 0 saturated heterocycles. The van der Waals surface area contributed by atoms with E-state index in [0.29, 0.717) is 11.5 Å². The third-order valence-electron chi connectivity index (χ3n) is 10.5. The van der Waals surface area contributed by atoms with Crippen molar-refractivity contribution >= 4 is 55.5 Å². The third-order valence-corrected chi connectivity index (χ3v) is 10.5. The van der Waals surface area contributed by atoms with Gasteiger partial charge >= 0.3 is 0 Å². The Morgan fingerprint density at radius 1 is 0.526 bits per heavy atom. The molecule has 6 nitrogen and oxygen atoms in total. The van der Waals surface area contributed by atoms with Crippen LogP contribution in [0.15, 0.2) is 188 Å². The van der Waals surface area contributed by atoms with E-state index < -0.39 is 0 Å². The maximum absolute atomic E-state index is 6.60. The van der Waals surface area contributed by atoms with Crippen molar-refractivity contribution in [3.8, 4) is 34.1 Å². The van der Waals surface area contributed by atoms with Crippen LogP contribution in [-0.2, 0) is 21.1 Å². The van der Waals surface area contributed by atoms with Gasteiger partial charge in [-0.05, 0) is 65.0 Å². The van der Waals surface area contributed by atoms with Crippen LogP contribution in [0.4, 0.5) is 22.7 Å². The van der Waals surface area contributed by atoms with Gasteiger partial charge in [-0.25, -0.2) is 4.98 Å². The third kappa shape index (κ3) is 6.06. The van der Waals surface area contributed by atoms with E-state index in [1.165, 1.54) is 5.56 Å². The van der Waals surface area contributed by atoms with Gasteiger partial charge in [-0.2, -0.15) is 12.1 Å². The maximum Gasteiger partial charge on any atom is 0.137 e. The molecule has 0 spiro atoms. The Kier molecular flexibility index (Phi) is 8.69. The molecule has 276 valence electrons. The number of anilines is 4. The second kappa shape index (κ2) is 14.3. The molecule has 0 saturated carbocycles. The Labute approximate surface area is 344 Å². The van der Waals surface area contributed by atoms with Crippen LogP contribution >= 0.6 is 0 Å². The zero-order chi connectivity index (χ0) is 37.0. The molecular formula is C50H32N5OPt-3. The van der Waals surface area contributed by atoms with Crippen molar-refractivity contribution in [3.05, 3.63) is 207 Å². The first kappa shape index (κ1) is 34.6. The van der Waals surface area contributed by atoms with E-state index in [0.717, 1.165) is 72.5 Å². The Balaban J connectivity index is 0.00000396. The van der Waals surface area contributed by atoms with Crippen LogP contribution in [0, 0.1) is 18.8 Å². The molecule has 1 aliphatic rings. The van der Waals surface area contributed by atoms with E-state index in [1.54, 1.807) is 0 Å². The molecule has 4 heterocycles. The molecule has 0 amide bonds. The van der Waals surface area contributed by atoms with Crippen LogP contribution in [0.2, 0.25) is 0 Å². The minimum absolute atomic E-state index is 0. The van der Waals surface area contributed by atoms with Gasteiger partial charge in [0.2, 0.25) is 0 Å². The Hall–Kier alpha value is -6.88. The average molecular weight is 914 g/mol. The van der Waals surface area contributed by atoms with Gasteiger partial charge in [0, 0.05) is 84.7 Å². The zero-order valence-corrected chi connectivity index (χ0v) is 32.7. The van der Waals surface area contributed by atoms with E-state index in [2.05, 4.69) is 183 Å². The summed E-state index contributed by atoms with van der Waals surface area (Å²) >= 11 is 0. The van der Waals surface area contributed by atoms with Crippen molar-refractivity contribution in [1.29, 1.82) is 0 Å². The standard InChI is InChI=1S/C50H32N5O.Pt/c1-4-13-35(14-5-1)36-23-26-45-44(29-36)43-25-24-42(31-49(43)55(45)50-32-48-37(33-51-50)27-28-52(48)38-15-6-2-7-16-38)56-41-20-12-19-40(30-41)54-34-53(39-17-8-3-9-18-39)46-21-10-11-22-47(46)54;/h1-29,32-34H;/q-3;. The van der Waals surface area contributed by atoms with Crippen molar-refractivity contribution in [1.82, 2.24) is 14.1 Å². The van der Waals surface area contributed by atoms with Gasteiger partial charge in [0.25, 0.3) is 0 Å². The molecule has 10 aromatic rings. The zero-order valence-electron chi connectivity index (χ0n) is 30.4. The fraction of sp³-hybridized carbons (Fsp3) is 0. The van der Waals surface area contributed by atoms with Crippen molar-refractivity contribution < 1.29 is 25.8 Å². The number of hydrogen-bond acceptors (Lipinski definition) is 4. The molecule has 1 aliphatic heterocycles. The van der Waals surface area contributed by atoms with E-state index in [9.17, 15) is 0 Å². The van der Waals surface area contributed by atoms with Crippen molar-refractivity contribution in [2.24, 2.45) is 0 Å². The number of rotatable bonds is 7. The Bertz CT molecular complexity index is 3050. The molecule has 7 heteroatoms. The largest absolute Gasteiger partial charge is 0.509 e. The molecule has 0 fully saturated rings. The Morgan fingerprint density at radius 2 is 1.23 bits per heavy atom. The first-order chi connectivity index (χ1) is 27.7. The summed E-state index contributed by atoms with van der Waals surface area (Å²) in [5.41, 5.74) is 10.5. The van der Waals surface area contributed by atoms with E-state index in [-0.39, 0.29) is 21.1 Å². The molecule has 0 N–H and O–H groups in total. The summed E-state index contributed by atoms with van der Waals surface area (Å²) in [5.74, 6) is 1.98. The first-order valence-corrected chi connectivity index (χ1v) is 18.6. The molecule has 3 aromatic heterocycles. The van der Waals surface area contributed by atoms with Crippen LogP contribution in [0.25, 0.3) is 55.3 Å². The Morgan fingerprint density at radius 3 is 2.02 bits per heavy atom. The minimum Gasteiger partial charge on any atom is -0.509 e. The molecular weight excluding hydrogens is 882 g/mol. The van der Waals surface area contributed by atoms with Crippen LogP contribution in [0.1, 0.15) is 0 Å². The number of aromatic nitrogens is 3. The topological polar surface area (TPSA) is 38.5 Å². The van der Waals surface area contributed by atoms with Gasteiger partial charge < -0.3 is 23.7 Å². The summed E-state index contributed by atoms with van der Waals surface area (Å²) in [6.07, 6.45) is 4.05. The van der Waals surface area contributed by atoms with Crippen molar-refractivity contribution in [3.63, 3.8) is 0 Å². The molecule has 0 radical (unpaired) electrons. The van der Waals surface area contributed by atoms with Gasteiger partial charge in [-0.1, -0.05) is 96.5 Å². The normalized spacial score (nSPS) is 12.3. The molecule has 0 aliphatic carbocycles. The maximum atomic E-state index is 6.60. The molecule has 11 rings (SSSR count). The van der Waals surface area contributed by atoms with Crippen LogP contribution in [0.3, 0.4) is 0 Å². The number of para-hydroxylation sites is 4.